The number of unbranched alkanes of at least 4 members (excludes halogenated alkanes) is 30. The minimum atomic E-state index is -0.763. The standard InChI is InChI=1S/C54H104O6/c1-48(2)40-34-28-22-16-13-11-9-7-8-10-12-14-18-25-31-37-43-52(55)58-46-51(47-59-53(56)44-38-32-26-21-20-24-30-36-42-50(5)6)60-54(57)45-39-33-27-19-15-17-23-29-35-41-49(3)4/h48-51H,7-47H2,1-6H3/t51-/m0/s1. The lowest BCUT2D eigenvalue weighted by Crippen LogP contribution is -2.30. The summed E-state index contributed by atoms with van der Waals surface area (Å²) in [7, 11) is 0. The molecule has 0 aliphatic heterocycles. The van der Waals surface area contributed by atoms with Crippen LogP contribution in [0.4, 0.5) is 0 Å². The van der Waals surface area contributed by atoms with Crippen LogP contribution in [0.25, 0.3) is 0 Å². The summed E-state index contributed by atoms with van der Waals surface area (Å²) in [5.41, 5.74) is 0. The van der Waals surface area contributed by atoms with Gasteiger partial charge in [-0.15, -0.1) is 0 Å². The summed E-state index contributed by atoms with van der Waals surface area (Å²) in [6.07, 6.45) is 45.3. The average molecular weight is 849 g/mol. The molecule has 0 unspecified atom stereocenters. The molecule has 0 aliphatic carbocycles. The highest BCUT2D eigenvalue weighted by Crippen LogP contribution is 2.18. The SMILES string of the molecule is CC(C)CCCCCCCCCCCCCCCCCCC(=O)OC[C@@H](COC(=O)CCCCCCCCCCC(C)C)OC(=O)CCCCCCCCCCCC(C)C. The summed E-state index contributed by atoms with van der Waals surface area (Å²) in [4.78, 5) is 37.9. The highest BCUT2D eigenvalue weighted by molar-refractivity contribution is 5.71. The van der Waals surface area contributed by atoms with E-state index in [4.69, 9.17) is 14.2 Å². The van der Waals surface area contributed by atoms with Gasteiger partial charge in [-0.1, -0.05) is 253 Å². The minimum Gasteiger partial charge on any atom is -0.462 e. The highest BCUT2D eigenvalue weighted by atomic mass is 16.6. The van der Waals surface area contributed by atoms with Crippen LogP contribution < -0.4 is 0 Å². The normalized spacial score (nSPS) is 12.2. The van der Waals surface area contributed by atoms with Crippen LogP contribution in [0.3, 0.4) is 0 Å². The molecule has 0 bridgehead atoms. The number of hydrogen-bond donors (Lipinski definition) is 0. The third kappa shape index (κ3) is 47.5. The van der Waals surface area contributed by atoms with E-state index >= 15 is 0 Å². The average Bonchev–Trinajstić information content (AvgIpc) is 3.20. The van der Waals surface area contributed by atoms with Crippen molar-refractivity contribution in [3.8, 4) is 0 Å². The zero-order valence-corrected chi connectivity index (χ0v) is 41.3. The fourth-order valence-electron chi connectivity index (χ4n) is 8.12. The summed E-state index contributed by atoms with van der Waals surface area (Å²) >= 11 is 0. The van der Waals surface area contributed by atoms with E-state index in [-0.39, 0.29) is 31.1 Å². The van der Waals surface area contributed by atoms with Crippen molar-refractivity contribution in [1.29, 1.82) is 0 Å². The molecule has 356 valence electrons. The lowest BCUT2D eigenvalue weighted by Gasteiger charge is -2.18. The molecule has 0 aromatic rings. The van der Waals surface area contributed by atoms with Crippen LogP contribution in [0.5, 0.6) is 0 Å². The number of carbonyl (C=O) groups is 3. The molecule has 0 spiro atoms. The third-order valence-corrected chi connectivity index (χ3v) is 12.1. The molecule has 6 heteroatoms. The van der Waals surface area contributed by atoms with Gasteiger partial charge in [0.25, 0.3) is 0 Å². The van der Waals surface area contributed by atoms with Crippen molar-refractivity contribution >= 4 is 17.9 Å². The number of esters is 3. The molecular weight excluding hydrogens is 745 g/mol. The second-order valence-electron chi connectivity index (χ2n) is 19.9. The van der Waals surface area contributed by atoms with Gasteiger partial charge in [-0.2, -0.15) is 0 Å². The fourth-order valence-corrected chi connectivity index (χ4v) is 8.12. The molecular formula is C54H104O6. The molecule has 0 aromatic heterocycles. The van der Waals surface area contributed by atoms with Gasteiger partial charge < -0.3 is 14.2 Å². The van der Waals surface area contributed by atoms with Gasteiger partial charge in [-0.25, -0.2) is 0 Å². The zero-order chi connectivity index (χ0) is 44.2. The topological polar surface area (TPSA) is 78.9 Å². The van der Waals surface area contributed by atoms with E-state index in [0.717, 1.165) is 75.5 Å². The predicted octanol–water partition coefficient (Wildman–Crippen LogP) is 17.2. The molecule has 0 aliphatic rings. The first-order valence-corrected chi connectivity index (χ1v) is 26.6. The highest BCUT2D eigenvalue weighted by Gasteiger charge is 2.19. The van der Waals surface area contributed by atoms with Crippen LogP contribution in [-0.2, 0) is 28.6 Å². The molecule has 0 aromatic carbocycles. The Morgan fingerprint density at radius 2 is 0.483 bits per heavy atom. The zero-order valence-electron chi connectivity index (χ0n) is 41.3. The maximum absolute atomic E-state index is 12.8. The van der Waals surface area contributed by atoms with Crippen molar-refractivity contribution in [2.45, 2.75) is 298 Å². The van der Waals surface area contributed by atoms with Crippen LogP contribution in [-0.4, -0.2) is 37.2 Å². The smallest absolute Gasteiger partial charge is 0.306 e. The fraction of sp³-hybridized carbons (Fsp3) is 0.944. The van der Waals surface area contributed by atoms with Gasteiger partial charge in [0.1, 0.15) is 13.2 Å². The van der Waals surface area contributed by atoms with Crippen LogP contribution in [0, 0.1) is 17.8 Å². The Hall–Kier alpha value is -1.59. The van der Waals surface area contributed by atoms with Crippen molar-refractivity contribution in [1.82, 2.24) is 0 Å². The summed E-state index contributed by atoms with van der Waals surface area (Å²) < 4.78 is 16.8. The summed E-state index contributed by atoms with van der Waals surface area (Å²) in [5.74, 6) is 1.60. The Kier molecular flexibility index (Phi) is 44.2. The van der Waals surface area contributed by atoms with Crippen LogP contribution in [0.2, 0.25) is 0 Å². The molecule has 0 heterocycles. The largest absolute Gasteiger partial charge is 0.462 e. The van der Waals surface area contributed by atoms with Gasteiger partial charge in [0.15, 0.2) is 6.10 Å². The number of rotatable bonds is 47. The van der Waals surface area contributed by atoms with Gasteiger partial charge in [-0.3, -0.25) is 14.4 Å². The van der Waals surface area contributed by atoms with Crippen molar-refractivity contribution < 1.29 is 28.6 Å². The van der Waals surface area contributed by atoms with Crippen molar-refractivity contribution in [2.75, 3.05) is 13.2 Å². The van der Waals surface area contributed by atoms with E-state index in [1.165, 1.54) is 173 Å². The molecule has 0 saturated heterocycles. The Morgan fingerprint density at radius 1 is 0.283 bits per heavy atom. The Labute approximate surface area is 374 Å². The van der Waals surface area contributed by atoms with Crippen LogP contribution in [0.1, 0.15) is 292 Å². The monoisotopic (exact) mass is 849 g/mol. The van der Waals surface area contributed by atoms with E-state index < -0.39 is 6.10 Å². The lowest BCUT2D eigenvalue weighted by molar-refractivity contribution is -0.167. The predicted molar refractivity (Wildman–Crippen MR) is 256 cm³/mol. The number of ether oxygens (including phenoxy) is 3. The van der Waals surface area contributed by atoms with E-state index in [2.05, 4.69) is 41.5 Å². The first kappa shape index (κ1) is 58.4. The van der Waals surface area contributed by atoms with Crippen molar-refractivity contribution in [3.05, 3.63) is 0 Å². The second-order valence-corrected chi connectivity index (χ2v) is 19.9. The summed E-state index contributed by atoms with van der Waals surface area (Å²) in [5, 5.41) is 0. The maximum atomic E-state index is 12.8. The molecule has 6 nitrogen and oxygen atoms in total. The van der Waals surface area contributed by atoms with E-state index in [0.29, 0.717) is 19.3 Å². The van der Waals surface area contributed by atoms with Crippen LogP contribution in [0.15, 0.2) is 0 Å². The van der Waals surface area contributed by atoms with Gasteiger partial charge in [-0.05, 0) is 37.0 Å². The second kappa shape index (κ2) is 45.4. The molecule has 0 saturated carbocycles. The van der Waals surface area contributed by atoms with Crippen molar-refractivity contribution in [3.63, 3.8) is 0 Å². The summed E-state index contributed by atoms with van der Waals surface area (Å²) in [6.45, 7) is 13.7. The van der Waals surface area contributed by atoms with Gasteiger partial charge in [0.2, 0.25) is 0 Å². The Morgan fingerprint density at radius 3 is 0.717 bits per heavy atom. The minimum absolute atomic E-state index is 0.0648. The Bertz CT molecular complexity index is 929. The first-order chi connectivity index (χ1) is 29.1. The molecule has 0 N–H and O–H groups in total. The third-order valence-electron chi connectivity index (χ3n) is 12.1. The van der Waals surface area contributed by atoms with Crippen molar-refractivity contribution in [2.24, 2.45) is 17.8 Å². The van der Waals surface area contributed by atoms with Gasteiger partial charge in [0, 0.05) is 19.3 Å². The molecule has 0 rings (SSSR count). The lowest BCUT2D eigenvalue weighted by atomic mass is 10.0. The van der Waals surface area contributed by atoms with Gasteiger partial charge >= 0.3 is 17.9 Å². The maximum Gasteiger partial charge on any atom is 0.306 e. The molecule has 1 atom stereocenters. The molecule has 0 radical (unpaired) electrons. The first-order valence-electron chi connectivity index (χ1n) is 26.6. The summed E-state index contributed by atoms with van der Waals surface area (Å²) in [6, 6.07) is 0. The Balaban J connectivity index is 4.25. The number of carbonyl (C=O) groups excluding carboxylic acids is 3. The quantitative estimate of drug-likeness (QED) is 0.0345. The molecule has 60 heavy (non-hydrogen) atoms. The van der Waals surface area contributed by atoms with E-state index in [1.807, 2.05) is 0 Å². The van der Waals surface area contributed by atoms with E-state index in [1.54, 1.807) is 0 Å². The molecule has 0 fully saturated rings. The van der Waals surface area contributed by atoms with E-state index in [9.17, 15) is 14.4 Å². The molecule has 0 amide bonds. The number of hydrogen-bond acceptors (Lipinski definition) is 6. The van der Waals surface area contributed by atoms with Gasteiger partial charge in [0.05, 0.1) is 0 Å². The van der Waals surface area contributed by atoms with Crippen LogP contribution >= 0.6 is 0 Å².